The van der Waals surface area contributed by atoms with E-state index >= 15 is 0 Å². The van der Waals surface area contributed by atoms with Gasteiger partial charge in [-0.3, -0.25) is 4.79 Å². The number of benzene rings is 1. The quantitative estimate of drug-likeness (QED) is 0.826. The molecule has 0 spiro atoms. The van der Waals surface area contributed by atoms with Crippen LogP contribution in [0.5, 0.6) is 0 Å². The maximum atomic E-state index is 13.7. The van der Waals surface area contributed by atoms with Gasteiger partial charge in [0.05, 0.1) is 0 Å². The molecule has 19 heavy (non-hydrogen) atoms. The third kappa shape index (κ3) is 1.40. The lowest BCUT2D eigenvalue weighted by molar-refractivity contribution is -0.179. The number of nitrogens with two attached hydrogens (primary N) is 1. The van der Waals surface area contributed by atoms with Gasteiger partial charge in [-0.05, 0) is 36.3 Å². The van der Waals surface area contributed by atoms with E-state index in [1.165, 1.54) is 6.07 Å². The summed E-state index contributed by atoms with van der Waals surface area (Å²) in [7, 11) is 0. The highest BCUT2D eigenvalue weighted by molar-refractivity contribution is 5.76. The molecule has 6 heteroatoms. The molecule has 1 atom stereocenters. The number of carboxylic acids is 1. The van der Waals surface area contributed by atoms with Crippen molar-refractivity contribution in [3.63, 3.8) is 0 Å². The first-order valence-corrected chi connectivity index (χ1v) is 5.94. The summed E-state index contributed by atoms with van der Waals surface area (Å²) >= 11 is 0. The summed E-state index contributed by atoms with van der Waals surface area (Å²) in [6.45, 7) is 0. The first-order valence-electron chi connectivity index (χ1n) is 5.94. The first kappa shape index (κ1) is 12.5. The summed E-state index contributed by atoms with van der Waals surface area (Å²) in [5.74, 6) is -4.94. The highest BCUT2D eigenvalue weighted by Gasteiger charge is 2.72. The molecule has 3 saturated carbocycles. The van der Waals surface area contributed by atoms with Crippen LogP contribution in [-0.4, -0.2) is 17.1 Å². The molecule has 102 valence electrons. The van der Waals surface area contributed by atoms with Crippen molar-refractivity contribution in [2.45, 2.75) is 30.7 Å². The summed E-state index contributed by atoms with van der Waals surface area (Å²) in [4.78, 5) is 10.9. The smallest absolute Gasteiger partial charge is 0.321 e. The summed E-state index contributed by atoms with van der Waals surface area (Å²) in [5.41, 5.74) is 4.65. The summed E-state index contributed by atoms with van der Waals surface area (Å²) < 4.78 is 39.8. The fourth-order valence-electron chi connectivity index (χ4n) is 3.68. The van der Waals surface area contributed by atoms with Gasteiger partial charge in [0, 0.05) is 5.41 Å². The van der Waals surface area contributed by atoms with Gasteiger partial charge in [0.2, 0.25) is 0 Å². The van der Waals surface area contributed by atoms with Crippen LogP contribution in [0.25, 0.3) is 0 Å². The predicted octanol–water partition coefficient (Wildman–Crippen LogP) is 1.94. The Kier molecular flexibility index (Phi) is 2.30. The number of hydrogen-bond acceptors (Lipinski definition) is 2. The fraction of sp³-hybridized carbons (Fsp3) is 0.462. The van der Waals surface area contributed by atoms with Gasteiger partial charge in [-0.2, -0.15) is 0 Å². The molecule has 2 bridgehead atoms. The zero-order valence-electron chi connectivity index (χ0n) is 9.92. The van der Waals surface area contributed by atoms with E-state index in [4.69, 9.17) is 10.8 Å². The minimum atomic E-state index is -1.47. The highest BCUT2D eigenvalue weighted by Crippen LogP contribution is 2.74. The Morgan fingerprint density at radius 3 is 2.32 bits per heavy atom. The lowest BCUT2D eigenvalue weighted by Gasteiger charge is -2.72. The minimum Gasteiger partial charge on any atom is -0.480 e. The Morgan fingerprint density at radius 2 is 1.79 bits per heavy atom. The standard InChI is InChI=1S/C13H12F3NO2/c14-7-2-1-6(8(15)9(7)16)12-3-13(4-12,5-12)10(17)11(18)19/h1-2,10H,3-5,17H2,(H,18,19). The van der Waals surface area contributed by atoms with Crippen molar-refractivity contribution in [3.05, 3.63) is 35.1 Å². The van der Waals surface area contributed by atoms with Crippen LogP contribution in [0, 0.1) is 22.9 Å². The molecule has 3 aliphatic carbocycles. The van der Waals surface area contributed by atoms with Crippen molar-refractivity contribution in [2.75, 3.05) is 0 Å². The second-order valence-electron chi connectivity index (χ2n) is 5.71. The molecule has 0 aliphatic heterocycles. The average Bonchev–Trinajstić information content (AvgIpc) is 2.25. The van der Waals surface area contributed by atoms with Crippen molar-refractivity contribution < 1.29 is 23.1 Å². The Hall–Kier alpha value is -1.56. The van der Waals surface area contributed by atoms with E-state index in [1.54, 1.807) is 0 Å². The molecule has 1 aromatic rings. The fourth-order valence-corrected chi connectivity index (χ4v) is 3.68. The van der Waals surface area contributed by atoms with Gasteiger partial charge in [0.25, 0.3) is 0 Å². The van der Waals surface area contributed by atoms with E-state index in [0.717, 1.165) is 6.07 Å². The van der Waals surface area contributed by atoms with Crippen LogP contribution < -0.4 is 5.73 Å². The molecular weight excluding hydrogens is 259 g/mol. The monoisotopic (exact) mass is 271 g/mol. The zero-order chi connectivity index (χ0) is 14.0. The van der Waals surface area contributed by atoms with Gasteiger partial charge in [0.15, 0.2) is 17.5 Å². The maximum absolute atomic E-state index is 13.7. The van der Waals surface area contributed by atoms with E-state index in [-0.39, 0.29) is 5.56 Å². The van der Waals surface area contributed by atoms with Crippen molar-refractivity contribution in [1.82, 2.24) is 0 Å². The zero-order valence-corrected chi connectivity index (χ0v) is 9.92. The molecular formula is C13H12F3NO2. The SMILES string of the molecule is NC(C(=O)O)C12CC(c3ccc(F)c(F)c3F)(C1)C2. The largest absolute Gasteiger partial charge is 0.480 e. The minimum absolute atomic E-state index is 0.130. The van der Waals surface area contributed by atoms with Gasteiger partial charge >= 0.3 is 5.97 Å². The van der Waals surface area contributed by atoms with E-state index in [9.17, 15) is 18.0 Å². The van der Waals surface area contributed by atoms with Gasteiger partial charge in [0.1, 0.15) is 6.04 Å². The van der Waals surface area contributed by atoms with Crippen molar-refractivity contribution in [2.24, 2.45) is 11.1 Å². The molecule has 4 rings (SSSR count). The van der Waals surface area contributed by atoms with Crippen LogP contribution >= 0.6 is 0 Å². The summed E-state index contributed by atoms with van der Waals surface area (Å²) in [5, 5.41) is 8.89. The molecule has 1 unspecified atom stereocenters. The van der Waals surface area contributed by atoms with Crippen LogP contribution in [0.15, 0.2) is 12.1 Å². The molecule has 1 aromatic carbocycles. The van der Waals surface area contributed by atoms with Crippen LogP contribution in [0.1, 0.15) is 24.8 Å². The Balaban J connectivity index is 1.86. The van der Waals surface area contributed by atoms with Gasteiger partial charge in [-0.15, -0.1) is 0 Å². The summed E-state index contributed by atoms with van der Waals surface area (Å²) in [6, 6.07) is 1.16. The first-order chi connectivity index (χ1) is 8.81. The number of halogens is 3. The molecule has 0 amide bonds. The van der Waals surface area contributed by atoms with E-state index in [1.807, 2.05) is 0 Å². The van der Waals surface area contributed by atoms with Crippen LogP contribution in [0.4, 0.5) is 13.2 Å². The topological polar surface area (TPSA) is 63.3 Å². The average molecular weight is 271 g/mol. The molecule has 0 saturated heterocycles. The maximum Gasteiger partial charge on any atom is 0.321 e. The lowest BCUT2D eigenvalue weighted by atomic mass is 9.31. The Morgan fingerprint density at radius 1 is 1.21 bits per heavy atom. The lowest BCUT2D eigenvalue weighted by Crippen LogP contribution is -2.72. The Labute approximate surface area is 107 Å². The molecule has 0 radical (unpaired) electrons. The number of carboxylic acid groups (broad SMARTS) is 1. The molecule has 0 heterocycles. The number of hydrogen-bond donors (Lipinski definition) is 2. The molecule has 3 aliphatic rings. The molecule has 3 fully saturated rings. The third-order valence-corrected chi connectivity index (χ3v) is 4.60. The van der Waals surface area contributed by atoms with Crippen LogP contribution in [0.3, 0.4) is 0 Å². The molecule has 0 aromatic heterocycles. The number of aliphatic carboxylic acids is 1. The van der Waals surface area contributed by atoms with Crippen LogP contribution in [-0.2, 0) is 10.2 Å². The number of rotatable bonds is 3. The van der Waals surface area contributed by atoms with Gasteiger partial charge < -0.3 is 10.8 Å². The second kappa shape index (κ2) is 3.50. The van der Waals surface area contributed by atoms with Crippen molar-refractivity contribution in [1.29, 1.82) is 0 Å². The number of carbonyl (C=O) groups is 1. The van der Waals surface area contributed by atoms with Crippen molar-refractivity contribution >= 4 is 5.97 Å². The molecule has 3 N–H and O–H groups in total. The second-order valence-corrected chi connectivity index (χ2v) is 5.71. The highest BCUT2D eigenvalue weighted by atomic mass is 19.2. The molecule has 3 nitrogen and oxygen atoms in total. The van der Waals surface area contributed by atoms with Gasteiger partial charge in [-0.1, -0.05) is 6.07 Å². The van der Waals surface area contributed by atoms with E-state index < -0.39 is 40.3 Å². The normalized spacial score (nSPS) is 33.3. The predicted molar refractivity (Wildman–Crippen MR) is 59.9 cm³/mol. The third-order valence-electron chi connectivity index (χ3n) is 4.60. The van der Waals surface area contributed by atoms with E-state index in [2.05, 4.69) is 0 Å². The van der Waals surface area contributed by atoms with Crippen LogP contribution in [0.2, 0.25) is 0 Å². The van der Waals surface area contributed by atoms with E-state index in [0.29, 0.717) is 19.3 Å². The van der Waals surface area contributed by atoms with Crippen molar-refractivity contribution in [3.8, 4) is 0 Å². The Bertz CT molecular complexity index is 568. The summed E-state index contributed by atoms with van der Waals surface area (Å²) in [6.07, 6.45) is 1.24. The van der Waals surface area contributed by atoms with Gasteiger partial charge in [-0.25, -0.2) is 13.2 Å².